The normalized spacial score (nSPS) is 14.7. The first-order valence-electron chi connectivity index (χ1n) is 11.0. The van der Waals surface area contributed by atoms with Crippen LogP contribution in [0.25, 0.3) is 22.5 Å². The van der Waals surface area contributed by atoms with Gasteiger partial charge in [-0.1, -0.05) is 12.5 Å². The monoisotopic (exact) mass is 502 g/mol. The van der Waals surface area contributed by atoms with Crippen LogP contribution in [0.1, 0.15) is 30.5 Å². The van der Waals surface area contributed by atoms with Crippen LogP contribution in [-0.4, -0.2) is 28.6 Å². The van der Waals surface area contributed by atoms with Gasteiger partial charge in [0.25, 0.3) is 0 Å². The molecular weight excluding hydrogens is 481 g/mol. The van der Waals surface area contributed by atoms with Gasteiger partial charge in [0.1, 0.15) is 11.5 Å². The Kier molecular flexibility index (Phi) is 5.51. The predicted octanol–water partition coefficient (Wildman–Crippen LogP) is 6.34. The maximum absolute atomic E-state index is 13.2. The molecule has 35 heavy (non-hydrogen) atoms. The molecular formula is C25H21F3N2O4S. The number of aromatic nitrogens is 2. The van der Waals surface area contributed by atoms with Gasteiger partial charge in [-0.2, -0.15) is 17.9 Å². The van der Waals surface area contributed by atoms with Crippen LogP contribution < -0.4 is 4.74 Å². The molecule has 1 saturated carbocycles. The molecule has 10 heteroatoms. The molecule has 0 aromatic heterocycles. The van der Waals surface area contributed by atoms with Gasteiger partial charge in [0.15, 0.2) is 15.7 Å². The number of aryl methyl sites for hydroxylation is 1. The topological polar surface area (TPSA) is 81.4 Å². The van der Waals surface area contributed by atoms with E-state index in [1.807, 2.05) is 0 Å². The van der Waals surface area contributed by atoms with Crippen LogP contribution in [0.4, 0.5) is 13.2 Å². The largest absolute Gasteiger partial charge is 0.457 e. The highest BCUT2D eigenvalue weighted by atomic mass is 32.2. The van der Waals surface area contributed by atoms with Crippen molar-refractivity contribution in [2.75, 3.05) is 0 Å². The second-order valence-electron chi connectivity index (χ2n) is 8.58. The lowest BCUT2D eigenvalue weighted by atomic mass is 9.98. The van der Waals surface area contributed by atoms with E-state index in [1.54, 1.807) is 19.1 Å². The molecule has 2 heterocycles. The Balaban J connectivity index is 1.68. The molecule has 0 bridgehead atoms. The minimum Gasteiger partial charge on any atom is -0.457 e. The summed E-state index contributed by atoms with van der Waals surface area (Å²) in [6, 6.07) is 12.2. The van der Waals surface area contributed by atoms with E-state index in [1.165, 1.54) is 36.5 Å². The summed E-state index contributed by atoms with van der Waals surface area (Å²) in [5, 5.41) is 9.89. The van der Waals surface area contributed by atoms with Crippen molar-refractivity contribution in [3.63, 3.8) is 0 Å². The second kappa shape index (κ2) is 8.30. The van der Waals surface area contributed by atoms with Crippen molar-refractivity contribution < 1.29 is 31.5 Å². The summed E-state index contributed by atoms with van der Waals surface area (Å²) >= 11 is 0. The number of alkyl halides is 3. The van der Waals surface area contributed by atoms with Crippen molar-refractivity contribution in [1.82, 2.24) is 9.71 Å². The molecule has 1 fully saturated rings. The SMILES string of the molecule is Cc1cc(-c2cc(S(=O)(=O)C3CCC3)ccc2Oc2cccc(C(F)(F)F)c2)c2ccnc-2n1O. The summed E-state index contributed by atoms with van der Waals surface area (Å²) in [6.45, 7) is 1.65. The summed E-state index contributed by atoms with van der Waals surface area (Å²) in [5.74, 6) is 0.393. The average Bonchev–Trinajstić information content (AvgIpc) is 3.25. The van der Waals surface area contributed by atoms with Crippen molar-refractivity contribution in [3.05, 3.63) is 72.1 Å². The molecule has 0 spiro atoms. The van der Waals surface area contributed by atoms with Crippen molar-refractivity contribution >= 4 is 9.84 Å². The van der Waals surface area contributed by atoms with Gasteiger partial charge < -0.3 is 9.94 Å². The summed E-state index contributed by atoms with van der Waals surface area (Å²) in [4.78, 5) is 4.28. The number of rotatable bonds is 5. The highest BCUT2D eigenvalue weighted by Gasteiger charge is 2.34. The van der Waals surface area contributed by atoms with Crippen LogP contribution in [0, 0.1) is 6.92 Å². The van der Waals surface area contributed by atoms with Gasteiger partial charge in [-0.25, -0.2) is 13.4 Å². The van der Waals surface area contributed by atoms with E-state index in [4.69, 9.17) is 4.74 Å². The Hall–Kier alpha value is -3.53. The Labute approximate surface area is 199 Å². The molecule has 1 aliphatic carbocycles. The fourth-order valence-electron chi connectivity index (χ4n) is 4.17. The average molecular weight is 503 g/mol. The minimum atomic E-state index is -4.54. The molecule has 182 valence electrons. The van der Waals surface area contributed by atoms with E-state index < -0.39 is 26.8 Å². The van der Waals surface area contributed by atoms with Crippen LogP contribution in [0.2, 0.25) is 0 Å². The van der Waals surface area contributed by atoms with Crippen molar-refractivity contribution in [1.29, 1.82) is 0 Å². The van der Waals surface area contributed by atoms with E-state index in [9.17, 15) is 26.8 Å². The molecule has 0 unspecified atom stereocenters. The van der Waals surface area contributed by atoms with E-state index in [0.29, 0.717) is 35.2 Å². The number of ether oxygens (including phenoxy) is 1. The molecule has 5 rings (SSSR count). The van der Waals surface area contributed by atoms with Crippen LogP contribution in [0.15, 0.2) is 65.7 Å². The van der Waals surface area contributed by atoms with Crippen molar-refractivity contribution in [3.8, 4) is 34.0 Å². The van der Waals surface area contributed by atoms with E-state index in [2.05, 4.69) is 4.98 Å². The van der Waals surface area contributed by atoms with E-state index in [0.717, 1.165) is 23.3 Å². The number of nitrogens with zero attached hydrogens (tertiary/aromatic N) is 2. The second-order valence-corrected chi connectivity index (χ2v) is 10.8. The minimum absolute atomic E-state index is 0.0441. The Morgan fingerprint density at radius 3 is 2.49 bits per heavy atom. The summed E-state index contributed by atoms with van der Waals surface area (Å²) in [7, 11) is -3.58. The molecule has 2 aromatic carbocycles. The fourth-order valence-corrected chi connectivity index (χ4v) is 6.04. The highest BCUT2D eigenvalue weighted by molar-refractivity contribution is 7.92. The fraction of sp³-hybridized carbons (Fsp3) is 0.240. The third kappa shape index (κ3) is 4.12. The van der Waals surface area contributed by atoms with Gasteiger partial charge in [0, 0.05) is 17.3 Å². The van der Waals surface area contributed by atoms with Gasteiger partial charge in [0.2, 0.25) is 0 Å². The highest BCUT2D eigenvalue weighted by Crippen LogP contribution is 2.43. The summed E-state index contributed by atoms with van der Waals surface area (Å²) < 4.78 is 72.7. The molecule has 0 amide bonds. The third-order valence-corrected chi connectivity index (χ3v) is 8.57. The van der Waals surface area contributed by atoms with Gasteiger partial charge in [-0.05, 0) is 73.9 Å². The smallest absolute Gasteiger partial charge is 0.416 e. The number of hydrogen-bond acceptors (Lipinski definition) is 5. The lowest BCUT2D eigenvalue weighted by molar-refractivity contribution is -0.137. The molecule has 6 nitrogen and oxygen atoms in total. The van der Waals surface area contributed by atoms with Crippen LogP contribution in [-0.2, 0) is 16.0 Å². The molecule has 0 radical (unpaired) electrons. The molecule has 0 atom stereocenters. The summed E-state index contributed by atoms with van der Waals surface area (Å²) in [6.07, 6.45) is -1.01. The number of pyridine rings is 1. The van der Waals surface area contributed by atoms with E-state index in [-0.39, 0.29) is 22.2 Å². The maximum atomic E-state index is 13.2. The quantitative estimate of drug-likeness (QED) is 0.322. The van der Waals surface area contributed by atoms with Gasteiger partial charge >= 0.3 is 6.18 Å². The van der Waals surface area contributed by atoms with Gasteiger partial charge in [-0.3, -0.25) is 0 Å². The van der Waals surface area contributed by atoms with E-state index >= 15 is 0 Å². The van der Waals surface area contributed by atoms with Gasteiger partial charge in [-0.15, -0.1) is 0 Å². The first-order chi connectivity index (χ1) is 16.6. The zero-order valence-corrected chi connectivity index (χ0v) is 19.4. The molecule has 2 aliphatic heterocycles. The van der Waals surface area contributed by atoms with Crippen molar-refractivity contribution in [2.45, 2.75) is 42.5 Å². The zero-order chi connectivity index (χ0) is 25.0. The summed E-state index contributed by atoms with van der Waals surface area (Å²) in [5.41, 5.74) is 1.01. The Morgan fingerprint density at radius 2 is 1.80 bits per heavy atom. The lowest BCUT2D eigenvalue weighted by Crippen LogP contribution is -2.28. The number of benzene rings is 2. The standard InChI is InChI=1S/C25H21F3N2O4S/c1-15-12-21(20-10-11-29-24(20)30(15)31)22-14-19(35(32,33)18-6-3-7-18)8-9-23(22)34-17-5-2-4-16(13-17)25(26,27)28/h2,4-5,8-14,18,31H,3,6-7H2,1H3. The van der Waals surface area contributed by atoms with Gasteiger partial charge in [0.05, 0.1) is 21.4 Å². The Morgan fingerprint density at radius 1 is 1.03 bits per heavy atom. The number of fused-ring (bicyclic) bond motifs is 1. The van der Waals surface area contributed by atoms with Crippen LogP contribution in [0.3, 0.4) is 0 Å². The van der Waals surface area contributed by atoms with Crippen LogP contribution in [0.5, 0.6) is 11.5 Å². The first kappa shape index (κ1) is 23.2. The third-order valence-electron chi connectivity index (χ3n) is 6.31. The Bertz CT molecular complexity index is 1490. The number of sulfone groups is 1. The maximum Gasteiger partial charge on any atom is 0.416 e. The number of hydrogen-bond donors (Lipinski definition) is 1. The molecule has 2 aromatic rings. The van der Waals surface area contributed by atoms with Crippen molar-refractivity contribution in [2.24, 2.45) is 0 Å². The molecule has 0 saturated heterocycles. The first-order valence-corrected chi connectivity index (χ1v) is 12.5. The predicted molar refractivity (Wildman–Crippen MR) is 123 cm³/mol. The molecule has 3 aliphatic rings. The zero-order valence-electron chi connectivity index (χ0n) is 18.6. The lowest BCUT2D eigenvalue weighted by Gasteiger charge is -2.26. The molecule has 1 N–H and O–H groups in total. The van der Waals surface area contributed by atoms with Crippen LogP contribution >= 0.6 is 0 Å². The number of halogens is 3.